The molecule has 0 saturated heterocycles. The van der Waals surface area contributed by atoms with Gasteiger partial charge in [-0.3, -0.25) is 4.79 Å². The second-order valence-corrected chi connectivity index (χ2v) is 4.36. The van der Waals surface area contributed by atoms with E-state index in [1.807, 2.05) is 20.2 Å². The summed E-state index contributed by atoms with van der Waals surface area (Å²) in [5, 5.41) is 3.24. The van der Waals surface area contributed by atoms with Crippen molar-refractivity contribution in [3.8, 4) is 0 Å². The summed E-state index contributed by atoms with van der Waals surface area (Å²) >= 11 is 0. The highest BCUT2D eigenvalue weighted by atomic mass is 16.1. The van der Waals surface area contributed by atoms with E-state index in [9.17, 15) is 4.79 Å². The summed E-state index contributed by atoms with van der Waals surface area (Å²) in [5.41, 5.74) is 12.5. The van der Waals surface area contributed by atoms with Gasteiger partial charge in [-0.15, -0.1) is 0 Å². The molecule has 0 bridgehead atoms. The Bertz CT molecular complexity index is 403. The van der Waals surface area contributed by atoms with Gasteiger partial charge in [-0.2, -0.15) is 0 Å². The standard InChI is InChI=1S/C12H20N4O/c1-8(16(2)3)7-15-9-4-5-11(13)10(6-9)12(14)17/h4-6,8,15H,7,13H2,1-3H3,(H2,14,17). The van der Waals surface area contributed by atoms with E-state index in [-0.39, 0.29) is 0 Å². The number of nitrogens with two attached hydrogens (primary N) is 2. The van der Waals surface area contributed by atoms with E-state index in [0.29, 0.717) is 17.3 Å². The minimum atomic E-state index is -0.508. The van der Waals surface area contributed by atoms with Gasteiger partial charge in [0.25, 0.3) is 5.91 Å². The van der Waals surface area contributed by atoms with Crippen molar-refractivity contribution in [2.45, 2.75) is 13.0 Å². The van der Waals surface area contributed by atoms with Crippen LogP contribution in [0, 0.1) is 0 Å². The highest BCUT2D eigenvalue weighted by Gasteiger charge is 2.08. The average Bonchev–Trinajstić information content (AvgIpc) is 2.26. The van der Waals surface area contributed by atoms with Gasteiger partial charge in [0, 0.05) is 24.0 Å². The van der Waals surface area contributed by atoms with E-state index in [4.69, 9.17) is 11.5 Å². The van der Waals surface area contributed by atoms with Crippen LogP contribution in [0.5, 0.6) is 0 Å². The molecule has 1 amide bonds. The van der Waals surface area contributed by atoms with E-state index in [1.165, 1.54) is 0 Å². The Morgan fingerprint density at radius 3 is 2.65 bits per heavy atom. The monoisotopic (exact) mass is 236 g/mol. The van der Waals surface area contributed by atoms with Crippen molar-refractivity contribution in [1.82, 2.24) is 4.90 Å². The number of hydrogen-bond donors (Lipinski definition) is 3. The molecular weight excluding hydrogens is 216 g/mol. The van der Waals surface area contributed by atoms with Gasteiger partial charge in [0.05, 0.1) is 5.56 Å². The van der Waals surface area contributed by atoms with Crippen LogP contribution in [0.1, 0.15) is 17.3 Å². The Balaban J connectivity index is 2.73. The van der Waals surface area contributed by atoms with Gasteiger partial charge in [0.15, 0.2) is 0 Å². The molecular formula is C12H20N4O. The van der Waals surface area contributed by atoms with Gasteiger partial charge in [0.2, 0.25) is 0 Å². The molecule has 0 fully saturated rings. The molecule has 1 atom stereocenters. The van der Waals surface area contributed by atoms with E-state index in [1.54, 1.807) is 12.1 Å². The number of nitrogens with zero attached hydrogens (tertiary/aromatic N) is 1. The molecule has 1 rings (SSSR count). The number of primary amides is 1. The van der Waals surface area contributed by atoms with E-state index in [2.05, 4.69) is 17.1 Å². The molecule has 5 heteroatoms. The second kappa shape index (κ2) is 5.54. The Morgan fingerprint density at radius 1 is 1.47 bits per heavy atom. The lowest BCUT2D eigenvalue weighted by atomic mass is 10.1. The number of benzene rings is 1. The largest absolute Gasteiger partial charge is 0.398 e. The first-order chi connectivity index (χ1) is 7.91. The Kier molecular flexibility index (Phi) is 4.34. The summed E-state index contributed by atoms with van der Waals surface area (Å²) in [7, 11) is 4.04. The van der Waals surface area contributed by atoms with Crippen LogP contribution in [-0.2, 0) is 0 Å². The highest BCUT2D eigenvalue weighted by Crippen LogP contribution is 2.17. The van der Waals surface area contributed by atoms with Gasteiger partial charge in [-0.25, -0.2) is 0 Å². The summed E-state index contributed by atoms with van der Waals surface area (Å²) in [6.45, 7) is 2.90. The first kappa shape index (κ1) is 13.3. The number of carbonyl (C=O) groups is 1. The summed E-state index contributed by atoms with van der Waals surface area (Å²) in [5.74, 6) is -0.508. The molecule has 1 aromatic carbocycles. The zero-order valence-electron chi connectivity index (χ0n) is 10.5. The molecule has 0 saturated carbocycles. The molecule has 0 radical (unpaired) electrons. The third-order valence-corrected chi connectivity index (χ3v) is 2.80. The number of nitrogens with one attached hydrogen (secondary N) is 1. The summed E-state index contributed by atoms with van der Waals surface area (Å²) in [6.07, 6.45) is 0. The normalized spacial score (nSPS) is 12.5. The predicted molar refractivity (Wildman–Crippen MR) is 71.0 cm³/mol. The van der Waals surface area contributed by atoms with Crippen LogP contribution in [0.3, 0.4) is 0 Å². The number of likely N-dealkylation sites (N-methyl/N-ethyl adjacent to an activating group) is 1. The number of amides is 1. The van der Waals surface area contributed by atoms with Crippen molar-refractivity contribution in [2.75, 3.05) is 31.7 Å². The Hall–Kier alpha value is -1.75. The Morgan fingerprint density at radius 2 is 2.12 bits per heavy atom. The van der Waals surface area contributed by atoms with Crippen molar-refractivity contribution in [1.29, 1.82) is 0 Å². The van der Waals surface area contributed by atoms with Crippen LogP contribution < -0.4 is 16.8 Å². The topological polar surface area (TPSA) is 84.4 Å². The lowest BCUT2D eigenvalue weighted by Crippen LogP contribution is -2.31. The SMILES string of the molecule is CC(CNc1ccc(N)c(C(N)=O)c1)N(C)C. The number of nitrogen functional groups attached to an aromatic ring is 1. The summed E-state index contributed by atoms with van der Waals surface area (Å²) in [6, 6.07) is 5.59. The van der Waals surface area contributed by atoms with E-state index in [0.717, 1.165) is 12.2 Å². The third-order valence-electron chi connectivity index (χ3n) is 2.80. The summed E-state index contributed by atoms with van der Waals surface area (Å²) in [4.78, 5) is 13.2. The average molecular weight is 236 g/mol. The molecule has 94 valence electrons. The molecule has 1 aromatic rings. The zero-order valence-corrected chi connectivity index (χ0v) is 10.5. The number of carbonyl (C=O) groups excluding carboxylic acids is 1. The molecule has 0 aromatic heterocycles. The van der Waals surface area contributed by atoms with Crippen LogP contribution in [0.25, 0.3) is 0 Å². The maximum absolute atomic E-state index is 11.1. The van der Waals surface area contributed by atoms with Crippen molar-refractivity contribution < 1.29 is 4.79 Å². The third kappa shape index (κ3) is 3.64. The first-order valence-corrected chi connectivity index (χ1v) is 5.51. The van der Waals surface area contributed by atoms with E-state index >= 15 is 0 Å². The maximum atomic E-state index is 11.1. The minimum absolute atomic E-state index is 0.354. The lowest BCUT2D eigenvalue weighted by molar-refractivity contribution is 0.100. The van der Waals surface area contributed by atoms with Crippen molar-refractivity contribution in [3.05, 3.63) is 23.8 Å². The lowest BCUT2D eigenvalue weighted by Gasteiger charge is -2.20. The molecule has 0 aliphatic carbocycles. The molecule has 0 spiro atoms. The predicted octanol–water partition coefficient (Wildman–Crippen LogP) is 0.730. The molecule has 5 nitrogen and oxygen atoms in total. The second-order valence-electron chi connectivity index (χ2n) is 4.36. The maximum Gasteiger partial charge on any atom is 0.250 e. The fourth-order valence-electron chi connectivity index (χ4n) is 1.33. The molecule has 0 aliphatic heterocycles. The Labute approximate surface area is 102 Å². The van der Waals surface area contributed by atoms with Gasteiger partial charge >= 0.3 is 0 Å². The van der Waals surface area contributed by atoms with Crippen LogP contribution in [0.15, 0.2) is 18.2 Å². The van der Waals surface area contributed by atoms with Crippen LogP contribution in [-0.4, -0.2) is 37.5 Å². The van der Waals surface area contributed by atoms with Gasteiger partial charge < -0.3 is 21.7 Å². The zero-order chi connectivity index (χ0) is 13.0. The summed E-state index contributed by atoms with van der Waals surface area (Å²) < 4.78 is 0. The molecule has 1 unspecified atom stereocenters. The smallest absolute Gasteiger partial charge is 0.250 e. The number of anilines is 2. The van der Waals surface area contributed by atoms with E-state index < -0.39 is 5.91 Å². The van der Waals surface area contributed by atoms with Crippen molar-refractivity contribution >= 4 is 17.3 Å². The first-order valence-electron chi connectivity index (χ1n) is 5.51. The molecule has 0 heterocycles. The molecule has 17 heavy (non-hydrogen) atoms. The quantitative estimate of drug-likeness (QED) is 0.658. The number of rotatable bonds is 5. The van der Waals surface area contributed by atoms with Gasteiger partial charge in [-0.05, 0) is 39.2 Å². The van der Waals surface area contributed by atoms with Crippen LogP contribution in [0.4, 0.5) is 11.4 Å². The molecule has 0 aliphatic rings. The highest BCUT2D eigenvalue weighted by molar-refractivity contribution is 5.98. The van der Waals surface area contributed by atoms with Gasteiger partial charge in [-0.1, -0.05) is 0 Å². The minimum Gasteiger partial charge on any atom is -0.398 e. The fourth-order valence-corrected chi connectivity index (χ4v) is 1.33. The van der Waals surface area contributed by atoms with Crippen molar-refractivity contribution in [2.24, 2.45) is 5.73 Å². The van der Waals surface area contributed by atoms with Crippen molar-refractivity contribution in [3.63, 3.8) is 0 Å². The molecule has 5 N–H and O–H groups in total. The number of hydrogen-bond acceptors (Lipinski definition) is 4. The van der Waals surface area contributed by atoms with Gasteiger partial charge in [0.1, 0.15) is 0 Å². The fraction of sp³-hybridized carbons (Fsp3) is 0.417. The van der Waals surface area contributed by atoms with Crippen LogP contribution in [0.2, 0.25) is 0 Å². The van der Waals surface area contributed by atoms with Crippen LogP contribution >= 0.6 is 0 Å².